The van der Waals surface area contributed by atoms with Gasteiger partial charge in [0.1, 0.15) is 5.75 Å². The molecule has 0 aromatic heterocycles. The first-order valence-electron chi connectivity index (χ1n) is 8.00. The highest BCUT2D eigenvalue weighted by molar-refractivity contribution is 7.89. The number of nitrogens with zero attached hydrogens (tertiary/aromatic N) is 1. The standard InChI is InChI=1S/C15H23F3N4O3S/c1-3-19-14(20-9-10-22-26(23,24)4-2)21-11-12-7-5-6-8-13(12)25-15(16,17)18/h5-8,22H,3-4,9-11H2,1-2H3,(H2,19,20,21). The van der Waals surface area contributed by atoms with Crippen molar-refractivity contribution >= 4 is 16.0 Å². The number of rotatable bonds is 9. The number of halogens is 3. The van der Waals surface area contributed by atoms with Gasteiger partial charge >= 0.3 is 6.36 Å². The summed E-state index contributed by atoms with van der Waals surface area (Å²) in [5.41, 5.74) is 0.272. The highest BCUT2D eigenvalue weighted by Crippen LogP contribution is 2.26. The smallest absolute Gasteiger partial charge is 0.405 e. The zero-order valence-corrected chi connectivity index (χ0v) is 15.4. The van der Waals surface area contributed by atoms with Gasteiger partial charge in [0.15, 0.2) is 5.96 Å². The first-order chi connectivity index (χ1) is 12.2. The molecule has 7 nitrogen and oxygen atoms in total. The van der Waals surface area contributed by atoms with Gasteiger partial charge in [-0.25, -0.2) is 18.1 Å². The monoisotopic (exact) mass is 396 g/mol. The molecule has 0 amide bonds. The van der Waals surface area contributed by atoms with Crippen LogP contribution >= 0.6 is 0 Å². The number of para-hydroxylation sites is 1. The summed E-state index contributed by atoms with van der Waals surface area (Å²) in [5.74, 6) is 0.0252. The van der Waals surface area contributed by atoms with Crippen molar-refractivity contribution in [1.82, 2.24) is 15.4 Å². The van der Waals surface area contributed by atoms with Gasteiger partial charge in [-0.1, -0.05) is 18.2 Å². The van der Waals surface area contributed by atoms with Gasteiger partial charge in [-0.15, -0.1) is 13.2 Å². The van der Waals surface area contributed by atoms with E-state index >= 15 is 0 Å². The lowest BCUT2D eigenvalue weighted by Gasteiger charge is -2.14. The van der Waals surface area contributed by atoms with Crippen LogP contribution in [-0.2, 0) is 16.6 Å². The molecule has 1 aromatic rings. The summed E-state index contributed by atoms with van der Waals surface area (Å²) in [5, 5.41) is 5.84. The van der Waals surface area contributed by atoms with Gasteiger partial charge in [0.2, 0.25) is 10.0 Å². The van der Waals surface area contributed by atoms with E-state index in [0.717, 1.165) is 0 Å². The average Bonchev–Trinajstić information content (AvgIpc) is 2.56. The largest absolute Gasteiger partial charge is 0.573 e. The van der Waals surface area contributed by atoms with Crippen LogP contribution in [-0.4, -0.2) is 46.1 Å². The number of hydrogen-bond donors (Lipinski definition) is 3. The Hall–Kier alpha value is -2.01. The SMILES string of the molecule is CCNC(=NCc1ccccc1OC(F)(F)F)NCCNS(=O)(=O)CC. The van der Waals surface area contributed by atoms with Crippen molar-refractivity contribution in [2.24, 2.45) is 4.99 Å². The first kappa shape index (κ1) is 22.0. The number of sulfonamides is 1. The molecule has 0 saturated heterocycles. The van der Waals surface area contributed by atoms with Crippen LogP contribution in [0, 0.1) is 0 Å². The average molecular weight is 396 g/mol. The van der Waals surface area contributed by atoms with Crippen LogP contribution in [0.3, 0.4) is 0 Å². The molecule has 0 saturated carbocycles. The topological polar surface area (TPSA) is 91.8 Å². The van der Waals surface area contributed by atoms with Crippen LogP contribution in [0.1, 0.15) is 19.4 Å². The lowest BCUT2D eigenvalue weighted by Crippen LogP contribution is -2.41. The predicted octanol–water partition coefficient (Wildman–Crippen LogP) is 1.58. The Bertz CT molecular complexity index is 694. The third-order valence-electron chi connectivity index (χ3n) is 3.07. The summed E-state index contributed by atoms with van der Waals surface area (Å²) in [6.45, 7) is 4.29. The molecule has 0 radical (unpaired) electrons. The molecule has 0 aliphatic heterocycles. The number of alkyl halides is 3. The van der Waals surface area contributed by atoms with Crippen LogP contribution in [0.25, 0.3) is 0 Å². The molecule has 0 aliphatic carbocycles. The Morgan fingerprint density at radius 2 is 1.85 bits per heavy atom. The predicted molar refractivity (Wildman–Crippen MR) is 93.4 cm³/mol. The van der Waals surface area contributed by atoms with Gasteiger partial charge < -0.3 is 15.4 Å². The maximum absolute atomic E-state index is 12.4. The molecule has 26 heavy (non-hydrogen) atoms. The van der Waals surface area contributed by atoms with E-state index in [0.29, 0.717) is 12.5 Å². The Balaban J connectivity index is 2.69. The maximum Gasteiger partial charge on any atom is 0.573 e. The Morgan fingerprint density at radius 1 is 1.15 bits per heavy atom. The fourth-order valence-corrected chi connectivity index (χ4v) is 2.47. The van der Waals surface area contributed by atoms with Crippen molar-refractivity contribution in [2.75, 3.05) is 25.4 Å². The minimum atomic E-state index is -4.78. The highest BCUT2D eigenvalue weighted by atomic mass is 32.2. The summed E-state index contributed by atoms with van der Waals surface area (Å²) in [6, 6.07) is 5.74. The van der Waals surface area contributed by atoms with Gasteiger partial charge in [0.25, 0.3) is 0 Å². The first-order valence-corrected chi connectivity index (χ1v) is 9.65. The maximum atomic E-state index is 12.4. The van der Waals surface area contributed by atoms with Crippen LogP contribution in [0.4, 0.5) is 13.2 Å². The quantitative estimate of drug-likeness (QED) is 0.335. The van der Waals surface area contributed by atoms with Crippen molar-refractivity contribution in [3.05, 3.63) is 29.8 Å². The van der Waals surface area contributed by atoms with Crippen LogP contribution < -0.4 is 20.1 Å². The third-order valence-corrected chi connectivity index (χ3v) is 4.47. The summed E-state index contributed by atoms with van der Waals surface area (Å²) >= 11 is 0. The second-order valence-corrected chi connectivity index (χ2v) is 7.17. The number of benzene rings is 1. The van der Waals surface area contributed by atoms with Gasteiger partial charge in [-0.05, 0) is 19.9 Å². The molecule has 0 fully saturated rings. The zero-order valence-electron chi connectivity index (χ0n) is 14.6. The van der Waals surface area contributed by atoms with E-state index in [9.17, 15) is 21.6 Å². The van der Waals surface area contributed by atoms with E-state index in [1.165, 1.54) is 25.1 Å². The van der Waals surface area contributed by atoms with E-state index in [1.54, 1.807) is 6.07 Å². The molecule has 11 heteroatoms. The molecule has 0 unspecified atom stereocenters. The molecule has 1 aromatic carbocycles. The molecule has 0 heterocycles. The fraction of sp³-hybridized carbons (Fsp3) is 0.533. The lowest BCUT2D eigenvalue weighted by atomic mass is 10.2. The molecular weight excluding hydrogens is 373 g/mol. The van der Waals surface area contributed by atoms with E-state index in [1.807, 2.05) is 6.92 Å². The molecule has 0 spiro atoms. The number of aliphatic imine (C=N–C) groups is 1. The Labute approximate surface area is 151 Å². The van der Waals surface area contributed by atoms with Crippen molar-refractivity contribution in [2.45, 2.75) is 26.8 Å². The van der Waals surface area contributed by atoms with Gasteiger partial charge in [-0.3, -0.25) is 0 Å². The van der Waals surface area contributed by atoms with Crippen LogP contribution in [0.5, 0.6) is 5.75 Å². The van der Waals surface area contributed by atoms with Crippen LogP contribution in [0.2, 0.25) is 0 Å². The molecule has 0 bridgehead atoms. The summed E-state index contributed by atoms with van der Waals surface area (Å²) < 4.78 is 66.4. The number of ether oxygens (including phenoxy) is 1. The van der Waals surface area contributed by atoms with Crippen molar-refractivity contribution in [3.63, 3.8) is 0 Å². The minimum absolute atomic E-state index is 0.0167. The summed E-state index contributed by atoms with van der Waals surface area (Å²) in [4.78, 5) is 4.20. The number of nitrogens with one attached hydrogen (secondary N) is 3. The fourth-order valence-electron chi connectivity index (χ4n) is 1.85. The number of guanidine groups is 1. The van der Waals surface area contributed by atoms with Crippen LogP contribution in [0.15, 0.2) is 29.3 Å². The summed E-state index contributed by atoms with van der Waals surface area (Å²) in [7, 11) is -3.28. The van der Waals surface area contributed by atoms with Gasteiger partial charge in [0.05, 0.1) is 12.3 Å². The number of hydrogen-bond acceptors (Lipinski definition) is 4. The minimum Gasteiger partial charge on any atom is -0.405 e. The molecular formula is C15H23F3N4O3S. The molecule has 0 atom stereocenters. The second kappa shape index (κ2) is 10.2. The Kier molecular flexibility index (Phi) is 8.66. The van der Waals surface area contributed by atoms with Gasteiger partial charge in [0, 0.05) is 25.2 Å². The zero-order chi connectivity index (χ0) is 19.6. The van der Waals surface area contributed by atoms with Crippen molar-refractivity contribution < 1.29 is 26.3 Å². The van der Waals surface area contributed by atoms with E-state index < -0.39 is 16.4 Å². The van der Waals surface area contributed by atoms with Gasteiger partial charge in [-0.2, -0.15) is 0 Å². The lowest BCUT2D eigenvalue weighted by molar-refractivity contribution is -0.274. The van der Waals surface area contributed by atoms with E-state index in [2.05, 4.69) is 25.1 Å². The second-order valence-electron chi connectivity index (χ2n) is 5.08. The van der Waals surface area contributed by atoms with Crippen molar-refractivity contribution in [1.29, 1.82) is 0 Å². The normalized spacial score (nSPS) is 12.7. The molecule has 148 valence electrons. The van der Waals surface area contributed by atoms with E-state index in [-0.39, 0.29) is 36.7 Å². The van der Waals surface area contributed by atoms with Crippen molar-refractivity contribution in [3.8, 4) is 5.75 Å². The van der Waals surface area contributed by atoms with E-state index in [4.69, 9.17) is 0 Å². The Morgan fingerprint density at radius 3 is 2.46 bits per heavy atom. The third kappa shape index (κ3) is 8.90. The molecule has 1 rings (SSSR count). The molecule has 0 aliphatic rings. The highest BCUT2D eigenvalue weighted by Gasteiger charge is 2.31. The molecule has 3 N–H and O–H groups in total. The summed E-state index contributed by atoms with van der Waals surface area (Å²) in [6.07, 6.45) is -4.78.